The molecule has 2 amide bonds. The summed E-state index contributed by atoms with van der Waals surface area (Å²) < 4.78 is 158. The normalized spacial score (nSPS) is 18.4. The van der Waals surface area contributed by atoms with Gasteiger partial charge < -0.3 is 39.5 Å². The number of ether oxygens (including phenoxy) is 2. The second kappa shape index (κ2) is 20.9. The topological polar surface area (TPSA) is 186 Å². The maximum absolute atomic E-state index is 12.7. The molecule has 0 unspecified atom stereocenters. The van der Waals surface area contributed by atoms with E-state index < -0.39 is 61.0 Å². The Balaban J connectivity index is 0.000000194. The van der Waals surface area contributed by atoms with Crippen molar-refractivity contribution in [1.29, 1.82) is 0 Å². The number of aromatic carboxylic acids is 2. The van der Waals surface area contributed by atoms with Crippen molar-refractivity contribution >= 4 is 52.2 Å². The number of carbonyl (C=O) groups excluding carboxylic acids is 3. The van der Waals surface area contributed by atoms with Gasteiger partial charge in [-0.25, -0.2) is 19.2 Å². The molecule has 8 rings (SSSR count). The number of aromatic amines is 2. The zero-order valence-electron chi connectivity index (χ0n) is 37.3. The quantitative estimate of drug-likeness (QED) is 0.103. The second-order valence-corrected chi connectivity index (χ2v) is 18.0. The number of alkyl halides is 12. The molecule has 5 heterocycles. The summed E-state index contributed by atoms with van der Waals surface area (Å²) in [6.45, 7) is 1.48. The third-order valence-corrected chi connectivity index (χ3v) is 13.4. The largest absolute Gasteiger partial charge is 0.478 e. The third-order valence-electron chi connectivity index (χ3n) is 13.4. The minimum Gasteiger partial charge on any atom is -0.478 e. The number of halogens is 12. The van der Waals surface area contributed by atoms with Crippen LogP contribution in [-0.2, 0) is 16.0 Å². The number of carbonyl (C=O) groups is 5. The zero-order chi connectivity index (χ0) is 52.3. The van der Waals surface area contributed by atoms with Gasteiger partial charge in [-0.3, -0.25) is 9.69 Å². The highest BCUT2D eigenvalue weighted by molar-refractivity contribution is 5.96. The Morgan fingerprint density at radius 3 is 1.45 bits per heavy atom. The molecule has 4 fully saturated rings. The molecule has 390 valence electrons. The average molecular weight is 1030 g/mol. The maximum atomic E-state index is 12.7. The first-order valence-electron chi connectivity index (χ1n) is 22.1. The Labute approximate surface area is 395 Å². The molecule has 4 aliphatic rings. The van der Waals surface area contributed by atoms with Crippen molar-refractivity contribution in [3.8, 4) is 0 Å². The van der Waals surface area contributed by atoms with E-state index in [9.17, 15) is 76.7 Å². The lowest BCUT2D eigenvalue weighted by Crippen LogP contribution is -2.54. The van der Waals surface area contributed by atoms with Crippen molar-refractivity contribution in [2.24, 2.45) is 5.41 Å². The smallest absolute Gasteiger partial charge is 0.434 e. The van der Waals surface area contributed by atoms with E-state index in [1.807, 2.05) is 6.07 Å². The fourth-order valence-electron chi connectivity index (χ4n) is 9.66. The number of hydrogen-bond acceptors (Lipinski definition) is 8. The van der Waals surface area contributed by atoms with Gasteiger partial charge >= 0.3 is 48.8 Å². The molecule has 0 radical (unpaired) electrons. The number of aldehydes is 1. The number of hydrogen-bond donors (Lipinski definition) is 4. The van der Waals surface area contributed by atoms with Gasteiger partial charge in [0.25, 0.3) is 12.2 Å². The minimum absolute atomic E-state index is 0.0214. The lowest BCUT2D eigenvalue weighted by Gasteiger charge is -2.44. The molecule has 3 saturated heterocycles. The number of likely N-dealkylation sites (tertiary alicyclic amines) is 3. The van der Waals surface area contributed by atoms with Crippen LogP contribution in [-0.4, -0.2) is 140 Å². The van der Waals surface area contributed by atoms with Crippen LogP contribution in [0.2, 0.25) is 0 Å². The number of fused-ring (bicyclic) bond motifs is 2. The lowest BCUT2D eigenvalue weighted by molar-refractivity contribution is -0.309. The molecular formula is C45H47F12N5O9. The van der Waals surface area contributed by atoms with Gasteiger partial charge in [0.15, 0.2) is 6.29 Å². The molecule has 71 heavy (non-hydrogen) atoms. The number of nitrogens with one attached hydrogen (secondary N) is 2. The van der Waals surface area contributed by atoms with Gasteiger partial charge in [0.05, 0.1) is 16.8 Å². The number of H-pyrrole nitrogens is 2. The number of aromatic nitrogens is 2. The minimum atomic E-state index is -5.75. The Morgan fingerprint density at radius 1 is 0.577 bits per heavy atom. The summed E-state index contributed by atoms with van der Waals surface area (Å²) in [6, 6.07) is 12.9. The van der Waals surface area contributed by atoms with Crippen LogP contribution in [0.4, 0.5) is 62.3 Å². The van der Waals surface area contributed by atoms with E-state index in [1.54, 1.807) is 24.3 Å². The molecule has 0 atom stereocenters. The van der Waals surface area contributed by atoms with Crippen molar-refractivity contribution in [2.45, 2.75) is 113 Å². The predicted molar refractivity (Wildman–Crippen MR) is 226 cm³/mol. The monoisotopic (exact) mass is 1030 g/mol. The van der Waals surface area contributed by atoms with Crippen LogP contribution in [0, 0.1) is 5.41 Å². The van der Waals surface area contributed by atoms with Crippen LogP contribution in [0.1, 0.15) is 101 Å². The van der Waals surface area contributed by atoms with Crippen molar-refractivity contribution in [3.05, 3.63) is 71.0 Å². The predicted octanol–water partition coefficient (Wildman–Crippen LogP) is 10.9. The first kappa shape index (κ1) is 54.1. The van der Waals surface area contributed by atoms with Gasteiger partial charge in [-0.05, 0) is 112 Å². The van der Waals surface area contributed by atoms with E-state index >= 15 is 0 Å². The number of nitrogens with zero attached hydrogens (tertiary/aromatic N) is 3. The number of rotatable bonds is 7. The highest BCUT2D eigenvalue weighted by Crippen LogP contribution is 2.47. The number of carboxylic acids is 2. The molecule has 14 nitrogen and oxygen atoms in total. The summed E-state index contributed by atoms with van der Waals surface area (Å²) >= 11 is 0. The SMILES string of the molecule is O=C(O)c1ccc2[nH]c(CN3CCCC34CCN(C(=O)OC(C(F)(F)F)C(F)(F)F)CC4)cc2c1.O=C(OC(C(F)(F)F)C(F)(F)F)N1CCC2(CCCC2)CC1.O=Cc1cc2cc(C(=O)O)ccc2[nH]1. The molecule has 0 bridgehead atoms. The van der Waals surface area contributed by atoms with Gasteiger partial charge in [-0.15, -0.1) is 0 Å². The summed E-state index contributed by atoms with van der Waals surface area (Å²) in [5, 5.41) is 19.4. The van der Waals surface area contributed by atoms with Gasteiger partial charge in [0, 0.05) is 65.8 Å². The summed E-state index contributed by atoms with van der Waals surface area (Å²) in [5.74, 6) is -2.00. The van der Waals surface area contributed by atoms with Crippen LogP contribution in [0.25, 0.3) is 21.8 Å². The number of carboxylic acid groups (broad SMARTS) is 2. The van der Waals surface area contributed by atoms with E-state index in [2.05, 4.69) is 24.3 Å². The Morgan fingerprint density at radius 2 is 1.01 bits per heavy atom. The average Bonchev–Trinajstić information content (AvgIpc) is 4.10. The Bertz CT molecular complexity index is 2520. The molecule has 4 N–H and O–H groups in total. The molecule has 2 aromatic heterocycles. The van der Waals surface area contributed by atoms with Crippen molar-refractivity contribution in [3.63, 3.8) is 0 Å². The number of benzene rings is 2. The fourth-order valence-corrected chi connectivity index (χ4v) is 9.66. The number of piperidine rings is 2. The van der Waals surface area contributed by atoms with Gasteiger partial charge in [-0.2, -0.15) is 52.7 Å². The van der Waals surface area contributed by atoms with Crippen molar-refractivity contribution < 1.29 is 96.3 Å². The van der Waals surface area contributed by atoms with Crippen LogP contribution in [0.3, 0.4) is 0 Å². The van der Waals surface area contributed by atoms with E-state index in [1.165, 1.54) is 18.2 Å². The summed E-state index contributed by atoms with van der Waals surface area (Å²) in [4.78, 5) is 66.1. The molecule has 2 aromatic carbocycles. The first-order chi connectivity index (χ1) is 33.0. The molecule has 1 aliphatic carbocycles. The van der Waals surface area contributed by atoms with Crippen LogP contribution >= 0.6 is 0 Å². The highest BCUT2D eigenvalue weighted by atomic mass is 19.4. The molecular weight excluding hydrogens is 982 g/mol. The van der Waals surface area contributed by atoms with E-state index in [0.717, 1.165) is 82.4 Å². The lowest BCUT2D eigenvalue weighted by atomic mass is 9.77. The molecule has 2 spiro atoms. The first-order valence-corrected chi connectivity index (χ1v) is 22.1. The van der Waals surface area contributed by atoms with Crippen molar-refractivity contribution in [2.75, 3.05) is 32.7 Å². The summed E-state index contributed by atoms with van der Waals surface area (Å²) in [6.07, 6.45) is -25.8. The second-order valence-electron chi connectivity index (χ2n) is 18.0. The maximum Gasteiger partial charge on any atom is 0.434 e. The fraction of sp³-hybridized carbons (Fsp3) is 0.533. The zero-order valence-corrected chi connectivity index (χ0v) is 37.3. The summed E-state index contributed by atoms with van der Waals surface area (Å²) in [7, 11) is 0. The van der Waals surface area contributed by atoms with Crippen LogP contribution < -0.4 is 0 Å². The Kier molecular flexibility index (Phi) is 15.9. The van der Waals surface area contributed by atoms with Crippen LogP contribution in [0.15, 0.2) is 48.5 Å². The van der Waals surface area contributed by atoms with Gasteiger partial charge in [0.1, 0.15) is 0 Å². The molecule has 26 heteroatoms. The van der Waals surface area contributed by atoms with Gasteiger partial charge in [-0.1, -0.05) is 12.8 Å². The third kappa shape index (κ3) is 13.2. The van der Waals surface area contributed by atoms with Gasteiger partial charge in [0.2, 0.25) is 0 Å². The molecule has 1 saturated carbocycles. The molecule has 3 aliphatic heterocycles. The number of amides is 2. The Hall–Kier alpha value is -6.21. The highest BCUT2D eigenvalue weighted by Gasteiger charge is 2.61. The van der Waals surface area contributed by atoms with Crippen LogP contribution in [0.5, 0.6) is 0 Å². The van der Waals surface area contributed by atoms with E-state index in [-0.39, 0.29) is 48.3 Å². The van der Waals surface area contributed by atoms with E-state index in [4.69, 9.17) is 10.2 Å². The van der Waals surface area contributed by atoms with Crippen molar-refractivity contribution in [1.82, 2.24) is 24.7 Å². The summed E-state index contributed by atoms with van der Waals surface area (Å²) in [5.41, 5.74) is 2.98. The molecule has 4 aromatic rings. The van der Waals surface area contributed by atoms with E-state index in [0.29, 0.717) is 44.2 Å². The standard InChI is InChI=1S/C22H23F6N3O4.C13H17F6NO2.C10H7NO3/c23-21(24,25)18(22(26,27)28)35-19(34)30-8-5-20(6-9-30)4-1-7-31(20)12-15-11-14-10-13(17(32)33)2-3-16(14)29-15;14-12(15,16)9(13(17,18)19)22-10(21)20-7-5-11(6-8-20)3-1-2-4-11;12-5-8-4-7-3-6(10(13)14)1-2-9(7)11-8/h2-3,10-11,18,29H,1,4-9,12H2,(H,32,33);9H,1-8H2;1-5,11H,(H,13,14).